The standard InChI is InChI=1S/C13H13FN2/c1-8-6-10(7-16-13(8)15)11-4-3-5-12(14)9(11)2/h3-7H,1-2H3,(H2,15,16). The molecule has 3 heteroatoms. The first-order valence-corrected chi connectivity index (χ1v) is 5.07. The number of benzene rings is 1. The lowest BCUT2D eigenvalue weighted by molar-refractivity contribution is 0.619. The first-order chi connectivity index (χ1) is 7.59. The van der Waals surface area contributed by atoms with E-state index in [1.54, 1.807) is 19.2 Å². The van der Waals surface area contributed by atoms with E-state index in [0.29, 0.717) is 11.4 Å². The molecule has 16 heavy (non-hydrogen) atoms. The molecular formula is C13H13FN2. The molecule has 0 aliphatic carbocycles. The van der Waals surface area contributed by atoms with Crippen molar-refractivity contribution in [2.24, 2.45) is 0 Å². The number of nitrogens with zero attached hydrogens (tertiary/aromatic N) is 1. The molecule has 1 aromatic carbocycles. The topological polar surface area (TPSA) is 38.9 Å². The number of pyridine rings is 1. The first-order valence-electron chi connectivity index (χ1n) is 5.07. The normalized spacial score (nSPS) is 10.4. The molecule has 0 amide bonds. The first kappa shape index (κ1) is 10.6. The fourth-order valence-electron chi connectivity index (χ4n) is 1.65. The molecule has 0 fully saturated rings. The Kier molecular flexibility index (Phi) is 2.60. The Hall–Kier alpha value is -1.90. The van der Waals surface area contributed by atoms with Crippen LogP contribution in [0.15, 0.2) is 30.5 Å². The summed E-state index contributed by atoms with van der Waals surface area (Å²) in [6.45, 7) is 3.65. The summed E-state index contributed by atoms with van der Waals surface area (Å²) in [5.74, 6) is 0.310. The summed E-state index contributed by atoms with van der Waals surface area (Å²) < 4.78 is 13.4. The fraction of sp³-hybridized carbons (Fsp3) is 0.154. The highest BCUT2D eigenvalue weighted by molar-refractivity contribution is 5.68. The minimum Gasteiger partial charge on any atom is -0.383 e. The molecular weight excluding hydrogens is 203 g/mol. The highest BCUT2D eigenvalue weighted by atomic mass is 19.1. The predicted octanol–water partition coefficient (Wildman–Crippen LogP) is 3.09. The van der Waals surface area contributed by atoms with Gasteiger partial charge in [-0.05, 0) is 42.7 Å². The number of aryl methyl sites for hydroxylation is 1. The molecule has 2 N–H and O–H groups in total. The number of hydrogen-bond donors (Lipinski definition) is 1. The van der Waals surface area contributed by atoms with Gasteiger partial charge in [-0.3, -0.25) is 0 Å². The minimum atomic E-state index is -0.202. The zero-order chi connectivity index (χ0) is 11.7. The van der Waals surface area contributed by atoms with Crippen molar-refractivity contribution in [3.05, 3.63) is 47.4 Å². The molecule has 0 aliphatic rings. The van der Waals surface area contributed by atoms with Crippen molar-refractivity contribution in [3.8, 4) is 11.1 Å². The molecule has 0 saturated heterocycles. The summed E-state index contributed by atoms with van der Waals surface area (Å²) in [5.41, 5.74) is 8.94. The summed E-state index contributed by atoms with van der Waals surface area (Å²) in [7, 11) is 0. The molecule has 0 radical (unpaired) electrons. The molecule has 1 heterocycles. The largest absolute Gasteiger partial charge is 0.383 e. The molecule has 2 nitrogen and oxygen atoms in total. The van der Waals surface area contributed by atoms with Gasteiger partial charge < -0.3 is 5.73 Å². The third-order valence-corrected chi connectivity index (χ3v) is 2.70. The average Bonchev–Trinajstić information content (AvgIpc) is 2.26. The van der Waals surface area contributed by atoms with Crippen LogP contribution in [0.4, 0.5) is 10.2 Å². The van der Waals surface area contributed by atoms with Crippen LogP contribution in [0.1, 0.15) is 11.1 Å². The monoisotopic (exact) mass is 216 g/mol. The van der Waals surface area contributed by atoms with Gasteiger partial charge in [-0.25, -0.2) is 9.37 Å². The van der Waals surface area contributed by atoms with Crippen molar-refractivity contribution in [2.45, 2.75) is 13.8 Å². The van der Waals surface area contributed by atoms with Crippen molar-refractivity contribution < 1.29 is 4.39 Å². The van der Waals surface area contributed by atoms with E-state index in [1.165, 1.54) is 6.07 Å². The van der Waals surface area contributed by atoms with E-state index in [9.17, 15) is 4.39 Å². The van der Waals surface area contributed by atoms with E-state index in [1.807, 2.05) is 19.1 Å². The minimum absolute atomic E-state index is 0.202. The number of nitrogen functional groups attached to an aromatic ring is 1. The molecule has 2 rings (SSSR count). The van der Waals surface area contributed by atoms with Crippen LogP contribution in [0.2, 0.25) is 0 Å². The third kappa shape index (κ3) is 1.76. The Morgan fingerprint density at radius 3 is 2.69 bits per heavy atom. The fourth-order valence-corrected chi connectivity index (χ4v) is 1.65. The predicted molar refractivity (Wildman–Crippen MR) is 63.5 cm³/mol. The van der Waals surface area contributed by atoms with E-state index in [-0.39, 0.29) is 5.82 Å². The van der Waals surface area contributed by atoms with Gasteiger partial charge in [-0.15, -0.1) is 0 Å². The Bertz CT molecular complexity index is 535. The SMILES string of the molecule is Cc1cc(-c2cccc(F)c2C)cnc1N. The van der Waals surface area contributed by atoms with E-state index in [0.717, 1.165) is 16.7 Å². The summed E-state index contributed by atoms with van der Waals surface area (Å²) >= 11 is 0. The van der Waals surface area contributed by atoms with Gasteiger partial charge in [0.05, 0.1) is 0 Å². The molecule has 0 bridgehead atoms. The number of anilines is 1. The van der Waals surface area contributed by atoms with Gasteiger partial charge in [0.2, 0.25) is 0 Å². The lowest BCUT2D eigenvalue weighted by atomic mass is 10.0. The highest BCUT2D eigenvalue weighted by Gasteiger charge is 2.07. The summed E-state index contributed by atoms with van der Waals surface area (Å²) in [6.07, 6.45) is 1.67. The van der Waals surface area contributed by atoms with Gasteiger partial charge in [-0.1, -0.05) is 12.1 Å². The molecule has 0 aliphatic heterocycles. The van der Waals surface area contributed by atoms with Crippen LogP contribution in [-0.4, -0.2) is 4.98 Å². The maximum Gasteiger partial charge on any atom is 0.126 e. The highest BCUT2D eigenvalue weighted by Crippen LogP contribution is 2.26. The Morgan fingerprint density at radius 1 is 1.25 bits per heavy atom. The maximum atomic E-state index is 13.4. The molecule has 0 saturated carbocycles. The second-order valence-electron chi connectivity index (χ2n) is 3.84. The lowest BCUT2D eigenvalue weighted by Crippen LogP contribution is -1.95. The van der Waals surface area contributed by atoms with Crippen molar-refractivity contribution in [2.75, 3.05) is 5.73 Å². The Morgan fingerprint density at radius 2 is 2.00 bits per heavy atom. The molecule has 2 aromatic rings. The molecule has 82 valence electrons. The number of nitrogens with two attached hydrogens (primary N) is 1. The number of aromatic nitrogens is 1. The van der Waals surface area contributed by atoms with Crippen LogP contribution in [0, 0.1) is 19.7 Å². The molecule has 0 unspecified atom stereocenters. The lowest BCUT2D eigenvalue weighted by Gasteiger charge is -2.08. The molecule has 0 atom stereocenters. The average molecular weight is 216 g/mol. The van der Waals surface area contributed by atoms with Crippen molar-refractivity contribution in [1.82, 2.24) is 4.98 Å². The maximum absolute atomic E-state index is 13.4. The van der Waals surface area contributed by atoms with Crippen LogP contribution in [0.3, 0.4) is 0 Å². The zero-order valence-corrected chi connectivity index (χ0v) is 9.29. The van der Waals surface area contributed by atoms with Crippen molar-refractivity contribution in [1.29, 1.82) is 0 Å². The van der Waals surface area contributed by atoms with Gasteiger partial charge in [0, 0.05) is 11.8 Å². The van der Waals surface area contributed by atoms with Crippen molar-refractivity contribution >= 4 is 5.82 Å². The number of halogens is 1. The van der Waals surface area contributed by atoms with Crippen LogP contribution in [0.5, 0.6) is 0 Å². The second-order valence-corrected chi connectivity index (χ2v) is 3.84. The number of hydrogen-bond acceptors (Lipinski definition) is 2. The van der Waals surface area contributed by atoms with Gasteiger partial charge in [0.15, 0.2) is 0 Å². The quantitative estimate of drug-likeness (QED) is 0.795. The van der Waals surface area contributed by atoms with Crippen LogP contribution in [-0.2, 0) is 0 Å². The van der Waals surface area contributed by atoms with Gasteiger partial charge in [0.1, 0.15) is 11.6 Å². The molecule has 0 spiro atoms. The Balaban J connectivity index is 2.59. The summed E-state index contributed by atoms with van der Waals surface area (Å²) in [4.78, 5) is 4.08. The van der Waals surface area contributed by atoms with E-state index in [4.69, 9.17) is 5.73 Å². The van der Waals surface area contributed by atoms with Gasteiger partial charge in [-0.2, -0.15) is 0 Å². The van der Waals surface area contributed by atoms with Gasteiger partial charge in [0.25, 0.3) is 0 Å². The van der Waals surface area contributed by atoms with Crippen LogP contribution >= 0.6 is 0 Å². The second kappa shape index (κ2) is 3.93. The van der Waals surface area contributed by atoms with Crippen LogP contribution < -0.4 is 5.73 Å². The van der Waals surface area contributed by atoms with E-state index < -0.39 is 0 Å². The third-order valence-electron chi connectivity index (χ3n) is 2.70. The number of rotatable bonds is 1. The van der Waals surface area contributed by atoms with Crippen LogP contribution in [0.25, 0.3) is 11.1 Å². The van der Waals surface area contributed by atoms with Crippen molar-refractivity contribution in [3.63, 3.8) is 0 Å². The summed E-state index contributed by atoms with van der Waals surface area (Å²) in [6, 6.07) is 6.95. The molecule has 1 aromatic heterocycles. The zero-order valence-electron chi connectivity index (χ0n) is 9.29. The summed E-state index contributed by atoms with van der Waals surface area (Å²) in [5, 5.41) is 0. The smallest absolute Gasteiger partial charge is 0.126 e. The van der Waals surface area contributed by atoms with E-state index in [2.05, 4.69) is 4.98 Å². The van der Waals surface area contributed by atoms with E-state index >= 15 is 0 Å². The van der Waals surface area contributed by atoms with Gasteiger partial charge >= 0.3 is 0 Å². The Labute approximate surface area is 93.9 Å².